The maximum Gasteiger partial charge on any atom is 0.161 e. The van der Waals surface area contributed by atoms with Gasteiger partial charge in [-0.15, -0.1) is 0 Å². The van der Waals surface area contributed by atoms with Gasteiger partial charge in [-0.3, -0.25) is 0 Å². The fourth-order valence-electron chi connectivity index (χ4n) is 3.99. The summed E-state index contributed by atoms with van der Waals surface area (Å²) in [5.74, 6) is 1.96. The highest BCUT2D eigenvalue weighted by atomic mass is 16.7. The second kappa shape index (κ2) is 7.41. The van der Waals surface area contributed by atoms with Crippen molar-refractivity contribution >= 4 is 6.08 Å². The molecule has 130 valence electrons. The predicted octanol–water partition coefficient (Wildman–Crippen LogP) is 3.95. The summed E-state index contributed by atoms with van der Waals surface area (Å²) >= 11 is 0. The second-order valence-electron chi connectivity index (χ2n) is 6.37. The molecule has 0 spiro atoms. The van der Waals surface area contributed by atoms with Crippen molar-refractivity contribution in [1.82, 2.24) is 0 Å². The van der Waals surface area contributed by atoms with Gasteiger partial charge in [0.15, 0.2) is 11.5 Å². The average Bonchev–Trinajstić information content (AvgIpc) is 2.64. The van der Waals surface area contributed by atoms with Crippen LogP contribution < -0.4 is 9.47 Å². The van der Waals surface area contributed by atoms with Crippen LogP contribution in [0.1, 0.15) is 30.4 Å². The number of fused-ring (bicyclic) bond motifs is 3. The topological polar surface area (TPSA) is 36.9 Å². The van der Waals surface area contributed by atoms with Gasteiger partial charge in [0.2, 0.25) is 0 Å². The summed E-state index contributed by atoms with van der Waals surface area (Å²) in [4.78, 5) is 0. The average molecular weight is 330 g/mol. The molecule has 0 unspecified atom stereocenters. The van der Waals surface area contributed by atoms with Gasteiger partial charge in [0.05, 0.1) is 20.8 Å². The van der Waals surface area contributed by atoms with E-state index >= 15 is 0 Å². The quantitative estimate of drug-likeness (QED) is 0.431. The van der Waals surface area contributed by atoms with Crippen LogP contribution in [0.5, 0.6) is 11.5 Å². The molecule has 1 aromatic carbocycles. The lowest BCUT2D eigenvalue weighted by atomic mass is 9.60. The van der Waals surface area contributed by atoms with E-state index in [4.69, 9.17) is 18.9 Å². The highest BCUT2D eigenvalue weighted by molar-refractivity contribution is 5.66. The van der Waals surface area contributed by atoms with Crippen LogP contribution in [-0.2, 0) is 14.9 Å². The van der Waals surface area contributed by atoms with Gasteiger partial charge >= 0.3 is 0 Å². The Morgan fingerprint density at radius 1 is 1.08 bits per heavy atom. The van der Waals surface area contributed by atoms with Crippen LogP contribution in [0.2, 0.25) is 0 Å². The molecule has 1 aromatic rings. The van der Waals surface area contributed by atoms with Crippen LogP contribution >= 0.6 is 0 Å². The largest absolute Gasteiger partial charge is 0.493 e. The summed E-state index contributed by atoms with van der Waals surface area (Å²) in [5, 5.41) is 0. The van der Waals surface area contributed by atoms with Crippen molar-refractivity contribution in [3.8, 4) is 11.5 Å². The van der Waals surface area contributed by atoms with Crippen LogP contribution in [-0.4, -0.2) is 34.7 Å². The molecule has 0 aromatic heterocycles. The SMILES string of the molecule is COCOCC[C@]12CCC=C[C@H]1C=Cc1cc(OC)c(OC)cc12. The number of allylic oxidation sites excluding steroid dienone is 3. The molecule has 0 bridgehead atoms. The third-order valence-corrected chi connectivity index (χ3v) is 5.21. The van der Waals surface area contributed by atoms with E-state index in [1.807, 2.05) is 0 Å². The van der Waals surface area contributed by atoms with E-state index in [1.165, 1.54) is 11.1 Å². The van der Waals surface area contributed by atoms with Crippen molar-refractivity contribution in [3.05, 3.63) is 41.5 Å². The zero-order valence-electron chi connectivity index (χ0n) is 14.7. The van der Waals surface area contributed by atoms with E-state index in [-0.39, 0.29) is 5.41 Å². The van der Waals surface area contributed by atoms with Crippen molar-refractivity contribution in [2.45, 2.75) is 24.7 Å². The van der Waals surface area contributed by atoms with Crippen molar-refractivity contribution in [2.24, 2.45) is 5.92 Å². The number of ether oxygens (including phenoxy) is 4. The molecule has 2 aliphatic rings. The standard InChI is InChI=1S/C20H26O4/c1-21-14-24-11-10-20-9-5-4-6-16(20)8-7-15-12-18(22-2)19(23-3)13-17(15)20/h4,6-8,12-13,16H,5,9-11,14H2,1-3H3/t16-,20+/m0/s1. The minimum atomic E-state index is 0.0477. The van der Waals surface area contributed by atoms with E-state index in [1.54, 1.807) is 21.3 Å². The van der Waals surface area contributed by atoms with Gasteiger partial charge in [0.1, 0.15) is 6.79 Å². The Bertz CT molecular complexity index is 635. The first-order valence-electron chi connectivity index (χ1n) is 8.43. The molecule has 0 saturated carbocycles. The van der Waals surface area contributed by atoms with Gasteiger partial charge in [-0.2, -0.15) is 0 Å². The maximum atomic E-state index is 5.62. The number of benzene rings is 1. The van der Waals surface area contributed by atoms with Gasteiger partial charge in [-0.25, -0.2) is 0 Å². The van der Waals surface area contributed by atoms with Gasteiger partial charge < -0.3 is 18.9 Å². The molecule has 0 amide bonds. The molecule has 24 heavy (non-hydrogen) atoms. The van der Waals surface area contributed by atoms with Crippen LogP contribution in [0, 0.1) is 5.92 Å². The molecule has 0 saturated heterocycles. The van der Waals surface area contributed by atoms with E-state index in [0.29, 0.717) is 19.3 Å². The van der Waals surface area contributed by atoms with Crippen molar-refractivity contribution in [1.29, 1.82) is 0 Å². The summed E-state index contributed by atoms with van der Waals surface area (Å²) in [5.41, 5.74) is 2.59. The smallest absolute Gasteiger partial charge is 0.161 e. The van der Waals surface area contributed by atoms with Gasteiger partial charge in [-0.05, 0) is 42.5 Å². The van der Waals surface area contributed by atoms with Crippen LogP contribution in [0.15, 0.2) is 30.4 Å². The third kappa shape index (κ3) is 2.96. The Morgan fingerprint density at radius 2 is 1.88 bits per heavy atom. The Kier molecular flexibility index (Phi) is 5.27. The summed E-state index contributed by atoms with van der Waals surface area (Å²) in [6, 6.07) is 4.23. The molecule has 0 fully saturated rings. The Hall–Kier alpha value is -1.78. The van der Waals surface area contributed by atoms with E-state index in [9.17, 15) is 0 Å². The van der Waals surface area contributed by atoms with E-state index < -0.39 is 0 Å². The van der Waals surface area contributed by atoms with E-state index in [2.05, 4.69) is 36.4 Å². The summed E-state index contributed by atoms with van der Waals surface area (Å²) < 4.78 is 21.7. The highest BCUT2D eigenvalue weighted by Gasteiger charge is 2.42. The lowest BCUT2D eigenvalue weighted by Crippen LogP contribution is -2.39. The number of rotatable bonds is 7. The number of hydrogen-bond acceptors (Lipinski definition) is 4. The Morgan fingerprint density at radius 3 is 2.62 bits per heavy atom. The molecule has 2 atom stereocenters. The minimum Gasteiger partial charge on any atom is -0.493 e. The molecule has 2 aliphatic carbocycles. The first-order valence-corrected chi connectivity index (χ1v) is 8.43. The molecule has 4 heteroatoms. The normalized spacial score (nSPS) is 24.4. The Labute approximate surface area is 144 Å². The monoisotopic (exact) mass is 330 g/mol. The predicted molar refractivity (Wildman–Crippen MR) is 94.6 cm³/mol. The molecule has 0 heterocycles. The first kappa shape index (κ1) is 17.1. The zero-order chi connectivity index (χ0) is 17.0. The lowest BCUT2D eigenvalue weighted by Gasteiger charge is -2.44. The minimum absolute atomic E-state index is 0.0477. The van der Waals surface area contributed by atoms with Crippen molar-refractivity contribution in [2.75, 3.05) is 34.7 Å². The van der Waals surface area contributed by atoms with Gasteiger partial charge in [0, 0.05) is 18.4 Å². The molecule has 0 radical (unpaired) electrons. The summed E-state index contributed by atoms with van der Waals surface area (Å²) in [6.45, 7) is 1.02. The van der Waals surface area contributed by atoms with Crippen LogP contribution in [0.3, 0.4) is 0 Å². The zero-order valence-corrected chi connectivity index (χ0v) is 14.7. The molecular weight excluding hydrogens is 304 g/mol. The second-order valence-corrected chi connectivity index (χ2v) is 6.37. The summed E-state index contributed by atoms with van der Waals surface area (Å²) in [6.07, 6.45) is 12.3. The Balaban J connectivity index is 2.01. The van der Waals surface area contributed by atoms with Crippen molar-refractivity contribution in [3.63, 3.8) is 0 Å². The molecule has 4 nitrogen and oxygen atoms in total. The fraction of sp³-hybridized carbons (Fsp3) is 0.500. The fourth-order valence-corrected chi connectivity index (χ4v) is 3.99. The number of methoxy groups -OCH3 is 3. The third-order valence-electron chi connectivity index (χ3n) is 5.21. The molecule has 3 rings (SSSR count). The van der Waals surface area contributed by atoms with Crippen LogP contribution in [0.25, 0.3) is 6.08 Å². The van der Waals surface area contributed by atoms with Gasteiger partial charge in [-0.1, -0.05) is 24.3 Å². The lowest BCUT2D eigenvalue weighted by molar-refractivity contribution is -0.0378. The van der Waals surface area contributed by atoms with Crippen molar-refractivity contribution < 1.29 is 18.9 Å². The number of hydrogen-bond donors (Lipinski definition) is 0. The first-order chi connectivity index (χ1) is 11.7. The summed E-state index contributed by atoms with van der Waals surface area (Å²) in [7, 11) is 5.02. The van der Waals surface area contributed by atoms with Crippen LogP contribution in [0.4, 0.5) is 0 Å². The molecule has 0 N–H and O–H groups in total. The van der Waals surface area contributed by atoms with Gasteiger partial charge in [0.25, 0.3) is 0 Å². The molecular formula is C20H26O4. The van der Waals surface area contributed by atoms with E-state index in [0.717, 1.165) is 30.8 Å². The maximum absolute atomic E-state index is 5.62. The molecule has 0 aliphatic heterocycles. The highest BCUT2D eigenvalue weighted by Crippen LogP contribution is 2.50.